The van der Waals surface area contributed by atoms with Crippen LogP contribution in [0.25, 0.3) is 0 Å². The minimum absolute atomic E-state index is 0.0608. The van der Waals surface area contributed by atoms with Crippen LogP contribution in [0.5, 0.6) is 0 Å². The van der Waals surface area contributed by atoms with Gasteiger partial charge >= 0.3 is 0 Å². The lowest BCUT2D eigenvalue weighted by Gasteiger charge is -2.04. The SMILES string of the molecule is CCn1nc(C)cc1C(=O)Cc1ccc(Cl)c(F)c1. The summed E-state index contributed by atoms with van der Waals surface area (Å²) < 4.78 is 15.0. The molecule has 0 atom stereocenters. The summed E-state index contributed by atoms with van der Waals surface area (Å²) in [5.41, 5.74) is 1.95. The van der Waals surface area contributed by atoms with Crippen molar-refractivity contribution in [2.45, 2.75) is 26.8 Å². The Balaban J connectivity index is 2.22. The Labute approximate surface area is 116 Å². The molecular weight excluding hydrogens is 267 g/mol. The predicted octanol–water partition coefficient (Wildman–Crippen LogP) is 3.43. The van der Waals surface area contributed by atoms with E-state index in [0.717, 1.165) is 5.69 Å². The van der Waals surface area contributed by atoms with E-state index in [0.29, 0.717) is 17.8 Å². The van der Waals surface area contributed by atoms with Crippen LogP contribution in [-0.4, -0.2) is 15.6 Å². The van der Waals surface area contributed by atoms with Crippen molar-refractivity contribution in [3.63, 3.8) is 0 Å². The summed E-state index contributed by atoms with van der Waals surface area (Å²) >= 11 is 5.61. The molecule has 2 rings (SSSR count). The first kappa shape index (κ1) is 13.7. The van der Waals surface area contributed by atoms with Gasteiger partial charge in [-0.1, -0.05) is 17.7 Å². The zero-order chi connectivity index (χ0) is 14.0. The zero-order valence-corrected chi connectivity index (χ0v) is 11.5. The van der Waals surface area contributed by atoms with Gasteiger partial charge in [0.2, 0.25) is 0 Å². The van der Waals surface area contributed by atoms with Crippen LogP contribution in [0.2, 0.25) is 5.02 Å². The van der Waals surface area contributed by atoms with Crippen LogP contribution >= 0.6 is 11.6 Å². The highest BCUT2D eigenvalue weighted by Crippen LogP contribution is 2.17. The van der Waals surface area contributed by atoms with Gasteiger partial charge in [-0.15, -0.1) is 0 Å². The highest BCUT2D eigenvalue weighted by molar-refractivity contribution is 6.30. The van der Waals surface area contributed by atoms with Gasteiger partial charge in [0.15, 0.2) is 5.78 Å². The molecule has 1 aromatic heterocycles. The monoisotopic (exact) mass is 280 g/mol. The van der Waals surface area contributed by atoms with Crippen molar-refractivity contribution in [1.29, 1.82) is 0 Å². The molecule has 2 aromatic rings. The standard InChI is InChI=1S/C14H14ClFN2O/c1-3-18-13(6-9(2)17-18)14(19)8-10-4-5-11(15)12(16)7-10/h4-7H,3,8H2,1-2H3. The molecule has 19 heavy (non-hydrogen) atoms. The first-order valence-electron chi connectivity index (χ1n) is 6.03. The van der Waals surface area contributed by atoms with Crippen LogP contribution in [0.15, 0.2) is 24.3 Å². The Morgan fingerprint density at radius 2 is 2.16 bits per heavy atom. The van der Waals surface area contributed by atoms with Crippen molar-refractivity contribution in [3.05, 3.63) is 52.1 Å². The number of nitrogens with zero attached hydrogens (tertiary/aromatic N) is 2. The van der Waals surface area contributed by atoms with E-state index >= 15 is 0 Å². The van der Waals surface area contributed by atoms with Gasteiger partial charge < -0.3 is 0 Å². The number of hydrogen-bond donors (Lipinski definition) is 0. The molecule has 100 valence electrons. The molecule has 3 nitrogen and oxygen atoms in total. The van der Waals surface area contributed by atoms with E-state index in [9.17, 15) is 9.18 Å². The zero-order valence-electron chi connectivity index (χ0n) is 10.8. The molecule has 5 heteroatoms. The van der Waals surface area contributed by atoms with Crippen molar-refractivity contribution in [3.8, 4) is 0 Å². The summed E-state index contributed by atoms with van der Waals surface area (Å²) in [4.78, 5) is 12.2. The maximum absolute atomic E-state index is 13.3. The summed E-state index contributed by atoms with van der Waals surface area (Å²) in [6.45, 7) is 4.39. The van der Waals surface area contributed by atoms with E-state index in [4.69, 9.17) is 11.6 Å². The van der Waals surface area contributed by atoms with Crippen LogP contribution in [0.1, 0.15) is 28.7 Å². The normalized spacial score (nSPS) is 10.7. The lowest BCUT2D eigenvalue weighted by molar-refractivity contribution is 0.0982. The van der Waals surface area contributed by atoms with Crippen molar-refractivity contribution >= 4 is 17.4 Å². The third-order valence-electron chi connectivity index (χ3n) is 2.84. The van der Waals surface area contributed by atoms with Gasteiger partial charge in [0.25, 0.3) is 0 Å². The molecule has 0 amide bonds. The summed E-state index contributed by atoms with van der Waals surface area (Å²) in [6.07, 6.45) is 0.138. The fourth-order valence-corrected chi connectivity index (χ4v) is 2.05. The molecule has 0 fully saturated rings. The summed E-state index contributed by atoms with van der Waals surface area (Å²) in [5.74, 6) is -0.587. The Morgan fingerprint density at radius 1 is 1.42 bits per heavy atom. The molecule has 1 aromatic carbocycles. The minimum atomic E-state index is -0.507. The van der Waals surface area contributed by atoms with E-state index in [2.05, 4.69) is 5.10 Å². The van der Waals surface area contributed by atoms with E-state index in [-0.39, 0.29) is 17.2 Å². The number of carbonyl (C=O) groups excluding carboxylic acids is 1. The van der Waals surface area contributed by atoms with Gasteiger partial charge in [-0.25, -0.2) is 4.39 Å². The summed E-state index contributed by atoms with van der Waals surface area (Å²) in [6, 6.07) is 6.16. The van der Waals surface area contributed by atoms with Crippen LogP contribution < -0.4 is 0 Å². The quantitative estimate of drug-likeness (QED) is 0.804. The maximum atomic E-state index is 13.3. The van der Waals surface area contributed by atoms with Crippen molar-refractivity contribution in [1.82, 2.24) is 9.78 Å². The van der Waals surface area contributed by atoms with Gasteiger partial charge in [0.1, 0.15) is 11.5 Å². The topological polar surface area (TPSA) is 34.9 Å². The smallest absolute Gasteiger partial charge is 0.185 e. The molecule has 0 bridgehead atoms. The van der Waals surface area contributed by atoms with E-state index < -0.39 is 5.82 Å². The highest BCUT2D eigenvalue weighted by atomic mass is 35.5. The van der Waals surface area contributed by atoms with Crippen LogP contribution in [0.3, 0.4) is 0 Å². The first-order valence-corrected chi connectivity index (χ1v) is 6.40. The molecule has 0 N–H and O–H groups in total. The lowest BCUT2D eigenvalue weighted by Crippen LogP contribution is -2.11. The lowest BCUT2D eigenvalue weighted by atomic mass is 10.1. The van der Waals surface area contributed by atoms with Crippen LogP contribution in [0, 0.1) is 12.7 Å². The second-order valence-electron chi connectivity index (χ2n) is 4.34. The molecule has 0 saturated carbocycles. The third-order valence-corrected chi connectivity index (χ3v) is 3.14. The largest absolute Gasteiger partial charge is 0.292 e. The van der Waals surface area contributed by atoms with Crippen molar-refractivity contribution in [2.24, 2.45) is 0 Å². The van der Waals surface area contributed by atoms with Gasteiger partial charge in [0.05, 0.1) is 10.7 Å². The third kappa shape index (κ3) is 3.01. The number of halogens is 2. The fourth-order valence-electron chi connectivity index (χ4n) is 1.94. The second kappa shape index (κ2) is 5.53. The molecule has 0 aliphatic rings. The Morgan fingerprint density at radius 3 is 2.79 bits per heavy atom. The fraction of sp³-hybridized carbons (Fsp3) is 0.286. The van der Waals surface area contributed by atoms with Gasteiger partial charge in [-0.2, -0.15) is 5.10 Å². The Bertz CT molecular complexity index is 622. The van der Waals surface area contributed by atoms with Gasteiger partial charge in [-0.05, 0) is 37.6 Å². The molecule has 0 radical (unpaired) electrons. The number of hydrogen-bond acceptors (Lipinski definition) is 2. The van der Waals surface area contributed by atoms with E-state index in [1.807, 2.05) is 13.8 Å². The number of ketones is 1. The Hall–Kier alpha value is -1.68. The number of benzene rings is 1. The summed E-state index contributed by atoms with van der Waals surface area (Å²) in [7, 11) is 0. The highest BCUT2D eigenvalue weighted by Gasteiger charge is 2.14. The molecule has 1 heterocycles. The number of aromatic nitrogens is 2. The molecule has 0 unspecified atom stereocenters. The van der Waals surface area contributed by atoms with Gasteiger partial charge in [-0.3, -0.25) is 9.48 Å². The van der Waals surface area contributed by atoms with E-state index in [1.54, 1.807) is 16.8 Å². The average Bonchev–Trinajstić information content (AvgIpc) is 2.75. The summed E-state index contributed by atoms with van der Waals surface area (Å²) in [5, 5.41) is 4.28. The van der Waals surface area contributed by atoms with Crippen molar-refractivity contribution in [2.75, 3.05) is 0 Å². The molecule has 0 spiro atoms. The number of aryl methyl sites for hydroxylation is 2. The minimum Gasteiger partial charge on any atom is -0.292 e. The van der Waals surface area contributed by atoms with Crippen LogP contribution in [0.4, 0.5) is 4.39 Å². The number of rotatable bonds is 4. The van der Waals surface area contributed by atoms with Crippen molar-refractivity contribution < 1.29 is 9.18 Å². The number of Topliss-reactive ketones (excluding diaryl/α,β-unsaturated/α-hetero) is 1. The second-order valence-corrected chi connectivity index (χ2v) is 4.74. The number of carbonyl (C=O) groups is 1. The predicted molar refractivity (Wildman–Crippen MR) is 72.1 cm³/mol. The van der Waals surface area contributed by atoms with Gasteiger partial charge in [0, 0.05) is 13.0 Å². The maximum Gasteiger partial charge on any atom is 0.185 e. The molecule has 0 aliphatic carbocycles. The first-order chi connectivity index (χ1) is 9.01. The molecule has 0 aliphatic heterocycles. The van der Waals surface area contributed by atoms with Crippen LogP contribution in [-0.2, 0) is 13.0 Å². The Kier molecular flexibility index (Phi) is 4.00. The average molecular weight is 281 g/mol. The molecule has 0 saturated heterocycles. The van der Waals surface area contributed by atoms with E-state index in [1.165, 1.54) is 12.1 Å². The molecular formula is C14H14ClFN2O.